The van der Waals surface area contributed by atoms with Crippen molar-refractivity contribution in [3.8, 4) is 0 Å². The summed E-state index contributed by atoms with van der Waals surface area (Å²) in [5.41, 5.74) is 3.98. The predicted molar refractivity (Wildman–Crippen MR) is 162 cm³/mol. The number of amides is 4. The molecule has 5 rings (SSSR count). The summed E-state index contributed by atoms with van der Waals surface area (Å²) >= 11 is 0. The molecule has 0 unspecified atom stereocenters. The molecule has 0 aliphatic carbocycles. The SMILES string of the molecule is CC(=O)N1CC=C[C@H]1C(=O)Nc1ccc(/C=C/c2ccc(NC(=O)[C@@H]3C=CCN3C(=O)Cc3cccnc3)cc2)cc1. The molecule has 212 valence electrons. The maximum atomic E-state index is 13.0. The summed E-state index contributed by atoms with van der Waals surface area (Å²) in [6.07, 6.45) is 14.5. The summed E-state index contributed by atoms with van der Waals surface area (Å²) in [7, 11) is 0. The maximum absolute atomic E-state index is 13.0. The van der Waals surface area contributed by atoms with Crippen LogP contribution in [0.5, 0.6) is 0 Å². The van der Waals surface area contributed by atoms with Crippen molar-refractivity contribution >= 4 is 47.2 Å². The Bertz CT molecular complexity index is 1550. The van der Waals surface area contributed by atoms with E-state index in [1.165, 1.54) is 11.8 Å². The number of nitrogens with zero attached hydrogens (tertiary/aromatic N) is 3. The minimum atomic E-state index is -0.663. The Morgan fingerprint density at radius 2 is 1.31 bits per heavy atom. The Balaban J connectivity index is 1.13. The van der Waals surface area contributed by atoms with E-state index < -0.39 is 12.1 Å². The van der Waals surface area contributed by atoms with Crippen molar-refractivity contribution in [3.05, 3.63) is 114 Å². The molecule has 0 spiro atoms. The number of carbonyl (C=O) groups is 4. The molecule has 9 heteroatoms. The first-order valence-electron chi connectivity index (χ1n) is 13.7. The molecule has 0 radical (unpaired) electrons. The van der Waals surface area contributed by atoms with E-state index in [4.69, 9.17) is 0 Å². The quantitative estimate of drug-likeness (QED) is 0.320. The van der Waals surface area contributed by atoms with Crippen LogP contribution in [-0.4, -0.2) is 63.6 Å². The summed E-state index contributed by atoms with van der Waals surface area (Å²) in [6, 6.07) is 17.2. The Labute approximate surface area is 244 Å². The first kappa shape index (κ1) is 28.2. The topological polar surface area (TPSA) is 112 Å². The highest BCUT2D eigenvalue weighted by molar-refractivity contribution is 6.00. The Morgan fingerprint density at radius 3 is 1.81 bits per heavy atom. The summed E-state index contributed by atoms with van der Waals surface area (Å²) in [6.45, 7) is 2.29. The third-order valence-corrected chi connectivity index (χ3v) is 7.08. The highest BCUT2D eigenvalue weighted by Gasteiger charge is 2.30. The van der Waals surface area contributed by atoms with Gasteiger partial charge in [-0.15, -0.1) is 0 Å². The number of nitrogens with one attached hydrogen (secondary N) is 2. The largest absolute Gasteiger partial charge is 0.324 e. The number of pyridine rings is 1. The van der Waals surface area contributed by atoms with E-state index >= 15 is 0 Å². The van der Waals surface area contributed by atoms with E-state index in [-0.39, 0.29) is 30.0 Å². The van der Waals surface area contributed by atoms with Gasteiger partial charge in [-0.1, -0.05) is 66.8 Å². The number of carbonyl (C=O) groups excluding carboxylic acids is 4. The van der Waals surface area contributed by atoms with Crippen LogP contribution in [0, 0.1) is 0 Å². The minimum Gasteiger partial charge on any atom is -0.324 e. The molecule has 9 nitrogen and oxygen atoms in total. The van der Waals surface area contributed by atoms with Crippen molar-refractivity contribution < 1.29 is 19.2 Å². The number of hydrogen-bond acceptors (Lipinski definition) is 5. The average Bonchev–Trinajstić information content (AvgIpc) is 3.69. The van der Waals surface area contributed by atoms with Gasteiger partial charge in [0.2, 0.25) is 11.8 Å². The number of benzene rings is 2. The monoisotopic (exact) mass is 561 g/mol. The van der Waals surface area contributed by atoms with Crippen molar-refractivity contribution in [1.29, 1.82) is 0 Å². The third-order valence-electron chi connectivity index (χ3n) is 7.08. The molecular weight excluding hydrogens is 530 g/mol. The molecule has 2 aliphatic heterocycles. The van der Waals surface area contributed by atoms with Crippen LogP contribution in [0.3, 0.4) is 0 Å². The van der Waals surface area contributed by atoms with Crippen LogP contribution in [0.15, 0.2) is 97.4 Å². The molecule has 0 fully saturated rings. The fraction of sp³-hybridized carbons (Fsp3) is 0.182. The smallest absolute Gasteiger partial charge is 0.251 e. The van der Waals surface area contributed by atoms with E-state index in [1.807, 2.05) is 78.9 Å². The zero-order valence-electron chi connectivity index (χ0n) is 23.1. The van der Waals surface area contributed by atoms with E-state index in [0.29, 0.717) is 24.5 Å². The van der Waals surface area contributed by atoms with Gasteiger partial charge in [-0.25, -0.2) is 0 Å². The molecular formula is C33H31N5O4. The van der Waals surface area contributed by atoms with E-state index in [1.54, 1.807) is 35.5 Å². The zero-order chi connectivity index (χ0) is 29.5. The molecule has 1 aromatic heterocycles. The summed E-state index contributed by atoms with van der Waals surface area (Å²) in [5.74, 6) is -0.786. The molecule has 4 amide bonds. The lowest BCUT2D eigenvalue weighted by molar-refractivity contribution is -0.135. The first-order chi connectivity index (χ1) is 20.4. The number of rotatable bonds is 8. The van der Waals surface area contributed by atoms with Crippen LogP contribution in [0.1, 0.15) is 23.6 Å². The molecule has 42 heavy (non-hydrogen) atoms. The highest BCUT2D eigenvalue weighted by atomic mass is 16.2. The second-order valence-electron chi connectivity index (χ2n) is 10.1. The van der Waals surface area contributed by atoms with Crippen molar-refractivity contribution in [2.24, 2.45) is 0 Å². The second-order valence-corrected chi connectivity index (χ2v) is 10.1. The standard InChI is InChI=1S/C33H31N5O4/c1-23(39)37-19-3-6-29(37)32(41)35-27-14-10-24(11-15-27)8-9-25-12-16-28(17-13-25)36-33(42)30-7-4-20-38(30)31(40)21-26-5-2-18-34-22-26/h2-18,22,29-30H,19-21H2,1H3,(H,35,41)(H,36,42)/b9-8+/t29-,30-/m0/s1. The van der Waals surface area contributed by atoms with Gasteiger partial charge >= 0.3 is 0 Å². The second kappa shape index (κ2) is 12.9. The van der Waals surface area contributed by atoms with E-state index in [0.717, 1.165) is 16.7 Å². The molecule has 2 atom stereocenters. The van der Waals surface area contributed by atoms with Crippen LogP contribution in [0.2, 0.25) is 0 Å². The Morgan fingerprint density at radius 1 is 0.786 bits per heavy atom. The molecule has 2 N–H and O–H groups in total. The molecule has 3 heterocycles. The van der Waals surface area contributed by atoms with Crippen LogP contribution in [-0.2, 0) is 25.6 Å². The predicted octanol–water partition coefficient (Wildman–Crippen LogP) is 3.93. The van der Waals surface area contributed by atoms with Crippen molar-refractivity contribution in [2.75, 3.05) is 23.7 Å². The minimum absolute atomic E-state index is 0.130. The number of anilines is 2. The molecule has 0 saturated heterocycles. The van der Waals surface area contributed by atoms with Gasteiger partial charge in [-0.3, -0.25) is 24.2 Å². The summed E-state index contributed by atoms with van der Waals surface area (Å²) < 4.78 is 0. The molecule has 2 aliphatic rings. The van der Waals surface area contributed by atoms with Crippen molar-refractivity contribution in [3.63, 3.8) is 0 Å². The molecule has 3 aromatic rings. The van der Waals surface area contributed by atoms with Gasteiger partial charge in [-0.2, -0.15) is 0 Å². The maximum Gasteiger partial charge on any atom is 0.251 e. The van der Waals surface area contributed by atoms with Gasteiger partial charge < -0.3 is 20.4 Å². The van der Waals surface area contributed by atoms with Gasteiger partial charge in [-0.05, 0) is 47.0 Å². The van der Waals surface area contributed by atoms with E-state index in [2.05, 4.69) is 15.6 Å². The van der Waals surface area contributed by atoms with Crippen LogP contribution in [0.25, 0.3) is 12.2 Å². The number of hydrogen-bond donors (Lipinski definition) is 2. The Hall–Kier alpha value is -5.31. The van der Waals surface area contributed by atoms with Gasteiger partial charge in [0.1, 0.15) is 12.1 Å². The van der Waals surface area contributed by atoms with Crippen LogP contribution >= 0.6 is 0 Å². The fourth-order valence-corrected chi connectivity index (χ4v) is 4.84. The van der Waals surface area contributed by atoms with Gasteiger partial charge in [0.05, 0.1) is 6.42 Å². The van der Waals surface area contributed by atoms with Crippen molar-refractivity contribution in [1.82, 2.24) is 14.8 Å². The zero-order valence-corrected chi connectivity index (χ0v) is 23.1. The highest BCUT2D eigenvalue weighted by Crippen LogP contribution is 2.19. The van der Waals surface area contributed by atoms with Gasteiger partial charge in [0.15, 0.2) is 0 Å². The lowest BCUT2D eigenvalue weighted by Crippen LogP contribution is -2.44. The van der Waals surface area contributed by atoms with Gasteiger partial charge in [0.25, 0.3) is 11.8 Å². The lowest BCUT2D eigenvalue weighted by atomic mass is 10.1. The normalized spacial score (nSPS) is 17.5. The van der Waals surface area contributed by atoms with Gasteiger partial charge in [0, 0.05) is 43.8 Å². The average molecular weight is 562 g/mol. The molecule has 0 bridgehead atoms. The fourth-order valence-electron chi connectivity index (χ4n) is 4.84. The van der Waals surface area contributed by atoms with Crippen molar-refractivity contribution in [2.45, 2.75) is 25.4 Å². The first-order valence-corrected chi connectivity index (χ1v) is 13.7. The Kier molecular flexibility index (Phi) is 8.67. The summed E-state index contributed by atoms with van der Waals surface area (Å²) in [5, 5.41) is 5.76. The van der Waals surface area contributed by atoms with E-state index in [9.17, 15) is 19.2 Å². The summed E-state index contributed by atoms with van der Waals surface area (Å²) in [4.78, 5) is 57.2. The molecule has 2 aromatic carbocycles. The lowest BCUT2D eigenvalue weighted by Gasteiger charge is -2.24. The van der Waals surface area contributed by atoms with Crippen LogP contribution in [0.4, 0.5) is 11.4 Å². The third kappa shape index (κ3) is 6.87. The number of aromatic nitrogens is 1. The molecule has 0 saturated carbocycles. The van der Waals surface area contributed by atoms with Crippen LogP contribution < -0.4 is 10.6 Å².